The van der Waals surface area contributed by atoms with Gasteiger partial charge in [0.2, 0.25) is 5.91 Å². The number of carbonyl (C=O) groups is 2. The highest BCUT2D eigenvalue weighted by Gasteiger charge is 2.15. The average molecular weight is 329 g/mol. The Balaban J connectivity index is 3.07. The van der Waals surface area contributed by atoms with Crippen LogP contribution in [0.5, 0.6) is 0 Å². The topological polar surface area (TPSA) is 83.6 Å². The largest absolute Gasteiger partial charge is 0.478 e. The van der Waals surface area contributed by atoms with Gasteiger partial charge in [0.05, 0.1) is 17.8 Å². The van der Waals surface area contributed by atoms with E-state index in [1.165, 1.54) is 12.1 Å². The van der Waals surface area contributed by atoms with Crippen molar-refractivity contribution in [2.24, 2.45) is 11.7 Å². The molecular formula is C13H17BrN2O3. The summed E-state index contributed by atoms with van der Waals surface area (Å²) in [5.74, 6) is -1.06. The fraction of sp³-hybridized carbons (Fsp3) is 0.385. The van der Waals surface area contributed by atoms with Gasteiger partial charge in [-0.2, -0.15) is 0 Å². The van der Waals surface area contributed by atoms with Crippen molar-refractivity contribution in [3.05, 3.63) is 28.2 Å². The number of anilines is 1. The molecule has 0 radical (unpaired) electrons. The van der Waals surface area contributed by atoms with E-state index in [0.717, 1.165) is 5.69 Å². The molecule has 0 aliphatic rings. The number of carbonyl (C=O) groups excluding carboxylic acids is 1. The van der Waals surface area contributed by atoms with Crippen molar-refractivity contribution >= 4 is 33.5 Å². The first kappa shape index (κ1) is 15.5. The van der Waals surface area contributed by atoms with Crippen LogP contribution >= 0.6 is 15.9 Å². The molecule has 0 aliphatic carbocycles. The monoisotopic (exact) mass is 328 g/mol. The number of halogens is 1. The van der Waals surface area contributed by atoms with Gasteiger partial charge in [-0.05, 0) is 40.0 Å². The number of carboxylic acids is 1. The number of hydrogen-bond donors (Lipinski definition) is 2. The first-order chi connectivity index (χ1) is 8.81. The van der Waals surface area contributed by atoms with Crippen LogP contribution in [0.4, 0.5) is 5.69 Å². The van der Waals surface area contributed by atoms with E-state index in [9.17, 15) is 9.59 Å². The van der Waals surface area contributed by atoms with Crippen LogP contribution in [0.2, 0.25) is 0 Å². The van der Waals surface area contributed by atoms with Crippen molar-refractivity contribution in [1.29, 1.82) is 0 Å². The molecule has 1 aromatic rings. The van der Waals surface area contributed by atoms with Crippen LogP contribution in [0.3, 0.4) is 0 Å². The van der Waals surface area contributed by atoms with Crippen LogP contribution in [0, 0.1) is 5.92 Å². The maximum Gasteiger partial charge on any atom is 0.335 e. The number of primary amides is 1. The summed E-state index contributed by atoms with van der Waals surface area (Å²) in [7, 11) is 0. The second kappa shape index (κ2) is 6.56. The fourth-order valence-corrected chi connectivity index (χ4v) is 2.40. The summed E-state index contributed by atoms with van der Waals surface area (Å²) in [6, 6.07) is 4.71. The SMILES string of the molecule is CC(C)CN(CC(N)=O)c1ccc(C(=O)O)cc1Br. The molecule has 0 heterocycles. The molecule has 0 spiro atoms. The first-order valence-corrected chi connectivity index (χ1v) is 6.66. The molecule has 0 unspecified atom stereocenters. The Morgan fingerprint density at radius 3 is 2.47 bits per heavy atom. The molecule has 0 saturated carbocycles. The van der Waals surface area contributed by atoms with Gasteiger partial charge >= 0.3 is 5.97 Å². The summed E-state index contributed by atoms with van der Waals surface area (Å²) in [5.41, 5.74) is 6.20. The Morgan fingerprint density at radius 1 is 1.42 bits per heavy atom. The van der Waals surface area contributed by atoms with Gasteiger partial charge < -0.3 is 15.7 Å². The average Bonchev–Trinajstić information content (AvgIpc) is 2.26. The molecule has 0 fully saturated rings. The zero-order valence-corrected chi connectivity index (χ0v) is 12.5. The molecule has 19 heavy (non-hydrogen) atoms. The number of nitrogens with zero attached hydrogens (tertiary/aromatic N) is 1. The molecule has 1 aromatic carbocycles. The Hall–Kier alpha value is -1.56. The van der Waals surface area contributed by atoms with Crippen LogP contribution in [0.15, 0.2) is 22.7 Å². The van der Waals surface area contributed by atoms with Crippen molar-refractivity contribution in [1.82, 2.24) is 0 Å². The van der Waals surface area contributed by atoms with E-state index < -0.39 is 11.9 Å². The molecule has 0 bridgehead atoms. The van der Waals surface area contributed by atoms with Crippen LogP contribution in [0.1, 0.15) is 24.2 Å². The quantitative estimate of drug-likeness (QED) is 0.837. The number of rotatable bonds is 6. The number of amides is 1. The summed E-state index contributed by atoms with van der Waals surface area (Å²) in [6.45, 7) is 4.83. The van der Waals surface area contributed by atoms with Crippen molar-refractivity contribution in [2.45, 2.75) is 13.8 Å². The molecule has 0 aliphatic heterocycles. The summed E-state index contributed by atoms with van der Waals surface area (Å²) in [4.78, 5) is 23.8. The zero-order chi connectivity index (χ0) is 14.6. The number of hydrogen-bond acceptors (Lipinski definition) is 3. The third-order valence-corrected chi connectivity index (χ3v) is 3.10. The van der Waals surface area contributed by atoms with E-state index in [1.54, 1.807) is 6.07 Å². The maximum atomic E-state index is 11.1. The van der Waals surface area contributed by atoms with Gasteiger partial charge in [0.15, 0.2) is 0 Å². The number of benzene rings is 1. The predicted octanol–water partition coefficient (Wildman–Crippen LogP) is 2.09. The smallest absolute Gasteiger partial charge is 0.335 e. The van der Waals surface area contributed by atoms with Gasteiger partial charge in [-0.15, -0.1) is 0 Å². The third-order valence-electron chi connectivity index (χ3n) is 2.47. The number of nitrogens with two attached hydrogens (primary N) is 1. The molecular weight excluding hydrogens is 312 g/mol. The van der Waals surface area contributed by atoms with Gasteiger partial charge in [-0.1, -0.05) is 13.8 Å². The molecule has 0 atom stereocenters. The van der Waals surface area contributed by atoms with Gasteiger partial charge in [-0.3, -0.25) is 4.79 Å². The minimum atomic E-state index is -0.988. The van der Waals surface area contributed by atoms with Crippen molar-refractivity contribution in [2.75, 3.05) is 18.0 Å². The summed E-state index contributed by atoms with van der Waals surface area (Å²) in [5, 5.41) is 8.92. The normalized spacial score (nSPS) is 10.5. The summed E-state index contributed by atoms with van der Waals surface area (Å²) < 4.78 is 0.634. The maximum absolute atomic E-state index is 11.1. The van der Waals surface area contributed by atoms with Crippen LogP contribution < -0.4 is 10.6 Å². The van der Waals surface area contributed by atoms with Crippen molar-refractivity contribution in [3.8, 4) is 0 Å². The highest BCUT2D eigenvalue weighted by Crippen LogP contribution is 2.28. The predicted molar refractivity (Wildman–Crippen MR) is 77.3 cm³/mol. The summed E-state index contributed by atoms with van der Waals surface area (Å²) >= 11 is 3.34. The minimum Gasteiger partial charge on any atom is -0.478 e. The molecule has 1 rings (SSSR count). The first-order valence-electron chi connectivity index (χ1n) is 5.87. The lowest BCUT2D eigenvalue weighted by Crippen LogP contribution is -2.36. The van der Waals surface area contributed by atoms with Crippen LogP contribution in [-0.2, 0) is 4.79 Å². The lowest BCUT2D eigenvalue weighted by molar-refractivity contribution is -0.116. The van der Waals surface area contributed by atoms with Crippen molar-refractivity contribution in [3.63, 3.8) is 0 Å². The van der Waals surface area contributed by atoms with Crippen LogP contribution in [-0.4, -0.2) is 30.1 Å². The van der Waals surface area contributed by atoms with E-state index in [1.807, 2.05) is 18.7 Å². The second-order valence-electron chi connectivity index (χ2n) is 4.71. The molecule has 3 N–H and O–H groups in total. The van der Waals surface area contributed by atoms with E-state index in [2.05, 4.69) is 15.9 Å². The lowest BCUT2D eigenvalue weighted by Gasteiger charge is -2.26. The molecule has 0 saturated heterocycles. The van der Waals surface area contributed by atoms with E-state index in [4.69, 9.17) is 10.8 Å². The zero-order valence-electron chi connectivity index (χ0n) is 10.9. The molecule has 1 amide bonds. The molecule has 6 heteroatoms. The van der Waals surface area contributed by atoms with Crippen LogP contribution in [0.25, 0.3) is 0 Å². The van der Waals surface area contributed by atoms with Gasteiger partial charge in [-0.25, -0.2) is 4.79 Å². The van der Waals surface area contributed by atoms with Crippen molar-refractivity contribution < 1.29 is 14.7 Å². The Bertz CT molecular complexity index is 489. The van der Waals surface area contributed by atoms with E-state index >= 15 is 0 Å². The highest BCUT2D eigenvalue weighted by atomic mass is 79.9. The lowest BCUT2D eigenvalue weighted by atomic mass is 10.1. The standard InChI is InChI=1S/C13H17BrN2O3/c1-8(2)6-16(7-12(15)17)11-4-3-9(13(18)19)5-10(11)14/h3-5,8H,6-7H2,1-2H3,(H2,15,17)(H,18,19). The van der Waals surface area contributed by atoms with Gasteiger partial charge in [0, 0.05) is 11.0 Å². The Kier molecular flexibility index (Phi) is 5.35. The third kappa shape index (κ3) is 4.55. The number of carboxylic acid groups (broad SMARTS) is 1. The molecule has 0 aromatic heterocycles. The van der Waals surface area contributed by atoms with Gasteiger partial charge in [0.1, 0.15) is 0 Å². The molecule has 104 valence electrons. The minimum absolute atomic E-state index is 0.100. The van der Waals surface area contributed by atoms with Gasteiger partial charge in [0.25, 0.3) is 0 Å². The highest BCUT2D eigenvalue weighted by molar-refractivity contribution is 9.10. The summed E-state index contributed by atoms with van der Waals surface area (Å²) in [6.07, 6.45) is 0. The number of aromatic carboxylic acids is 1. The Labute approximate surface area is 120 Å². The van der Waals surface area contributed by atoms with E-state index in [0.29, 0.717) is 16.9 Å². The molecule has 5 nitrogen and oxygen atoms in total. The van der Waals surface area contributed by atoms with E-state index in [-0.39, 0.29) is 12.1 Å². The Morgan fingerprint density at radius 2 is 2.05 bits per heavy atom. The second-order valence-corrected chi connectivity index (χ2v) is 5.57. The fourth-order valence-electron chi connectivity index (χ4n) is 1.77.